The zero-order valence-corrected chi connectivity index (χ0v) is 9.95. The summed E-state index contributed by atoms with van der Waals surface area (Å²) in [5, 5.41) is 5.71. The molecule has 0 aliphatic heterocycles. The summed E-state index contributed by atoms with van der Waals surface area (Å²) in [5.41, 5.74) is 0.436. The van der Waals surface area contributed by atoms with Crippen molar-refractivity contribution in [3.63, 3.8) is 0 Å². The molecule has 88 valence electrons. The van der Waals surface area contributed by atoms with Crippen LogP contribution in [0.3, 0.4) is 0 Å². The van der Waals surface area contributed by atoms with Crippen molar-refractivity contribution < 1.29 is 4.79 Å². The lowest BCUT2D eigenvalue weighted by atomic mass is 10.3. The summed E-state index contributed by atoms with van der Waals surface area (Å²) in [6, 6.07) is 5.32. The van der Waals surface area contributed by atoms with Gasteiger partial charge < -0.3 is 15.5 Å². The van der Waals surface area contributed by atoms with Crippen molar-refractivity contribution in [3.8, 4) is 0 Å². The van der Waals surface area contributed by atoms with Crippen molar-refractivity contribution in [3.05, 3.63) is 23.9 Å². The summed E-state index contributed by atoms with van der Waals surface area (Å²) in [6.45, 7) is 1.44. The number of amides is 1. The molecule has 0 saturated carbocycles. The van der Waals surface area contributed by atoms with E-state index >= 15 is 0 Å². The van der Waals surface area contributed by atoms with Gasteiger partial charge in [0.2, 0.25) is 0 Å². The van der Waals surface area contributed by atoms with E-state index in [9.17, 15) is 4.79 Å². The van der Waals surface area contributed by atoms with E-state index in [4.69, 9.17) is 0 Å². The molecular weight excluding hydrogens is 204 g/mol. The highest BCUT2D eigenvalue weighted by atomic mass is 16.1. The van der Waals surface area contributed by atoms with Crippen LogP contribution in [0, 0.1) is 0 Å². The molecule has 16 heavy (non-hydrogen) atoms. The van der Waals surface area contributed by atoms with Gasteiger partial charge in [-0.15, -0.1) is 0 Å². The van der Waals surface area contributed by atoms with Crippen LogP contribution in [0.5, 0.6) is 0 Å². The number of hydrogen-bond acceptors (Lipinski definition) is 4. The monoisotopic (exact) mass is 222 g/mol. The Balaban J connectivity index is 2.52. The number of pyridine rings is 1. The second-order valence-corrected chi connectivity index (χ2v) is 3.72. The molecule has 0 aliphatic rings. The molecule has 0 radical (unpaired) electrons. The van der Waals surface area contributed by atoms with E-state index in [1.54, 1.807) is 19.2 Å². The minimum absolute atomic E-state index is 0.140. The zero-order chi connectivity index (χ0) is 12.0. The first-order valence-electron chi connectivity index (χ1n) is 5.21. The number of nitrogens with zero attached hydrogens (tertiary/aromatic N) is 2. The first-order valence-corrected chi connectivity index (χ1v) is 5.21. The van der Waals surface area contributed by atoms with Gasteiger partial charge in [-0.1, -0.05) is 6.07 Å². The van der Waals surface area contributed by atoms with Crippen molar-refractivity contribution in [2.75, 3.05) is 39.5 Å². The molecule has 1 rings (SSSR count). The highest BCUT2D eigenvalue weighted by Gasteiger charge is 2.06. The van der Waals surface area contributed by atoms with E-state index in [1.807, 2.05) is 25.1 Å². The van der Waals surface area contributed by atoms with E-state index in [-0.39, 0.29) is 5.91 Å². The first kappa shape index (κ1) is 12.4. The Labute approximate surface area is 95.9 Å². The number of anilines is 1. The van der Waals surface area contributed by atoms with Gasteiger partial charge in [0, 0.05) is 20.1 Å². The largest absolute Gasteiger partial charge is 0.373 e. The molecule has 0 saturated heterocycles. The molecule has 5 nitrogen and oxygen atoms in total. The smallest absolute Gasteiger partial charge is 0.270 e. The van der Waals surface area contributed by atoms with Crippen molar-refractivity contribution in [1.82, 2.24) is 15.2 Å². The molecular formula is C11H18N4O. The highest BCUT2D eigenvalue weighted by molar-refractivity contribution is 5.92. The molecule has 1 heterocycles. The quantitative estimate of drug-likeness (QED) is 0.758. The van der Waals surface area contributed by atoms with E-state index in [2.05, 4.69) is 15.6 Å². The van der Waals surface area contributed by atoms with Gasteiger partial charge in [-0.05, 0) is 26.2 Å². The molecule has 0 aromatic carbocycles. The van der Waals surface area contributed by atoms with Crippen LogP contribution >= 0.6 is 0 Å². The summed E-state index contributed by atoms with van der Waals surface area (Å²) >= 11 is 0. The normalized spacial score (nSPS) is 10.2. The van der Waals surface area contributed by atoms with Gasteiger partial charge in [0.05, 0.1) is 0 Å². The lowest BCUT2D eigenvalue weighted by Crippen LogP contribution is -2.31. The van der Waals surface area contributed by atoms with Crippen molar-refractivity contribution in [1.29, 1.82) is 0 Å². The summed E-state index contributed by atoms with van der Waals surface area (Å²) in [6.07, 6.45) is 0. The number of carbonyl (C=O) groups excluding carboxylic acids is 1. The van der Waals surface area contributed by atoms with Crippen molar-refractivity contribution in [2.24, 2.45) is 0 Å². The maximum atomic E-state index is 11.7. The van der Waals surface area contributed by atoms with Crippen LogP contribution in [0.25, 0.3) is 0 Å². The number of rotatable bonds is 5. The topological polar surface area (TPSA) is 57.3 Å². The van der Waals surface area contributed by atoms with Crippen LogP contribution in [-0.4, -0.2) is 50.0 Å². The number of carbonyl (C=O) groups is 1. The van der Waals surface area contributed by atoms with E-state index in [0.717, 1.165) is 6.54 Å². The summed E-state index contributed by atoms with van der Waals surface area (Å²) < 4.78 is 0. The minimum Gasteiger partial charge on any atom is -0.373 e. The molecule has 0 atom stereocenters. The van der Waals surface area contributed by atoms with Gasteiger partial charge >= 0.3 is 0 Å². The van der Waals surface area contributed by atoms with Crippen LogP contribution in [0.4, 0.5) is 5.82 Å². The highest BCUT2D eigenvalue weighted by Crippen LogP contribution is 2.03. The van der Waals surface area contributed by atoms with Gasteiger partial charge in [-0.3, -0.25) is 4.79 Å². The SMILES string of the molecule is CNc1cccc(C(=O)NCCN(C)C)n1. The Morgan fingerprint density at radius 2 is 2.19 bits per heavy atom. The van der Waals surface area contributed by atoms with Crippen LogP contribution in [0.1, 0.15) is 10.5 Å². The Hall–Kier alpha value is -1.62. The standard InChI is InChI=1S/C11H18N4O/c1-12-10-6-4-5-9(14-10)11(16)13-7-8-15(2)3/h4-6H,7-8H2,1-3H3,(H,12,14)(H,13,16). The predicted molar refractivity (Wildman–Crippen MR) is 64.7 cm³/mol. The third kappa shape index (κ3) is 3.86. The minimum atomic E-state index is -0.140. The Kier molecular flexibility index (Phi) is 4.72. The molecule has 0 bridgehead atoms. The van der Waals surface area contributed by atoms with Gasteiger partial charge in [-0.25, -0.2) is 4.98 Å². The van der Waals surface area contributed by atoms with Crippen LogP contribution in [0.15, 0.2) is 18.2 Å². The fourth-order valence-corrected chi connectivity index (χ4v) is 1.18. The van der Waals surface area contributed by atoms with Gasteiger partial charge in [-0.2, -0.15) is 0 Å². The molecule has 1 aromatic heterocycles. The van der Waals surface area contributed by atoms with Crippen LogP contribution in [-0.2, 0) is 0 Å². The van der Waals surface area contributed by atoms with Gasteiger partial charge in [0.15, 0.2) is 0 Å². The van der Waals surface area contributed by atoms with Gasteiger partial charge in [0.1, 0.15) is 11.5 Å². The summed E-state index contributed by atoms with van der Waals surface area (Å²) in [5.74, 6) is 0.555. The van der Waals surface area contributed by atoms with E-state index < -0.39 is 0 Å². The fraction of sp³-hybridized carbons (Fsp3) is 0.455. The molecule has 0 unspecified atom stereocenters. The Morgan fingerprint density at radius 3 is 2.81 bits per heavy atom. The number of hydrogen-bond donors (Lipinski definition) is 2. The molecule has 0 spiro atoms. The van der Waals surface area contributed by atoms with Crippen molar-refractivity contribution >= 4 is 11.7 Å². The number of likely N-dealkylation sites (N-methyl/N-ethyl adjacent to an activating group) is 1. The average Bonchev–Trinajstić information content (AvgIpc) is 2.28. The Morgan fingerprint density at radius 1 is 1.44 bits per heavy atom. The molecule has 0 fully saturated rings. The molecule has 2 N–H and O–H groups in total. The number of aromatic nitrogens is 1. The molecule has 5 heteroatoms. The van der Waals surface area contributed by atoms with E-state index in [0.29, 0.717) is 18.1 Å². The predicted octanol–water partition coefficient (Wildman–Crippen LogP) is 0.415. The zero-order valence-electron chi connectivity index (χ0n) is 9.95. The van der Waals surface area contributed by atoms with E-state index in [1.165, 1.54) is 0 Å². The second kappa shape index (κ2) is 6.07. The molecule has 0 aliphatic carbocycles. The van der Waals surface area contributed by atoms with Crippen LogP contribution < -0.4 is 10.6 Å². The molecule has 1 amide bonds. The Bertz CT molecular complexity index is 352. The van der Waals surface area contributed by atoms with Gasteiger partial charge in [0.25, 0.3) is 5.91 Å². The van der Waals surface area contributed by atoms with Crippen molar-refractivity contribution in [2.45, 2.75) is 0 Å². The molecule has 1 aromatic rings. The average molecular weight is 222 g/mol. The lowest BCUT2D eigenvalue weighted by molar-refractivity contribution is 0.0946. The lowest BCUT2D eigenvalue weighted by Gasteiger charge is -2.10. The van der Waals surface area contributed by atoms with Crippen LogP contribution in [0.2, 0.25) is 0 Å². The third-order valence-electron chi connectivity index (χ3n) is 2.08. The third-order valence-corrected chi connectivity index (χ3v) is 2.08. The second-order valence-electron chi connectivity index (χ2n) is 3.72. The summed E-state index contributed by atoms with van der Waals surface area (Å²) in [7, 11) is 5.70. The fourth-order valence-electron chi connectivity index (χ4n) is 1.18. The number of nitrogens with one attached hydrogen (secondary N) is 2. The maximum Gasteiger partial charge on any atom is 0.270 e. The summed E-state index contributed by atoms with van der Waals surface area (Å²) in [4.78, 5) is 17.8. The first-order chi connectivity index (χ1) is 7.63. The maximum absolute atomic E-state index is 11.7.